The minimum Gasteiger partial charge on any atom is -0.439 e. The molecule has 0 atom stereocenters. The summed E-state index contributed by atoms with van der Waals surface area (Å²) in [6.45, 7) is 2.27. The maximum atomic E-state index is 12.2. The molecule has 0 saturated carbocycles. The van der Waals surface area contributed by atoms with Crippen molar-refractivity contribution in [2.45, 2.75) is 13.5 Å². The summed E-state index contributed by atoms with van der Waals surface area (Å²) in [5.41, 5.74) is 7.81. The van der Waals surface area contributed by atoms with E-state index in [0.29, 0.717) is 23.7 Å². The fraction of sp³-hybridized carbons (Fsp3) is 0.118. The van der Waals surface area contributed by atoms with Crippen molar-refractivity contribution < 1.29 is 13.9 Å². The van der Waals surface area contributed by atoms with Gasteiger partial charge in [-0.2, -0.15) is 0 Å². The smallest absolute Gasteiger partial charge is 0.301 e. The van der Waals surface area contributed by atoms with Gasteiger partial charge in [-0.1, -0.05) is 6.07 Å². The van der Waals surface area contributed by atoms with Crippen molar-refractivity contribution in [2.24, 2.45) is 5.73 Å². The Morgan fingerprint density at radius 2 is 2.21 bits per heavy atom. The number of rotatable bonds is 5. The molecule has 3 N–H and O–H groups in total. The number of amides is 1. The van der Waals surface area contributed by atoms with E-state index < -0.39 is 0 Å². The molecule has 0 saturated heterocycles. The molecule has 1 aromatic carbocycles. The van der Waals surface area contributed by atoms with Crippen molar-refractivity contribution in [3.63, 3.8) is 0 Å². The Labute approximate surface area is 138 Å². The van der Waals surface area contributed by atoms with Gasteiger partial charge in [0.1, 0.15) is 12.0 Å². The average Bonchev–Trinajstić information content (AvgIpc) is 3.07. The molecule has 24 heavy (non-hydrogen) atoms. The van der Waals surface area contributed by atoms with Gasteiger partial charge in [0.25, 0.3) is 5.91 Å². The summed E-state index contributed by atoms with van der Waals surface area (Å²) in [5, 5.41) is 2.55. The lowest BCUT2D eigenvalue weighted by Gasteiger charge is -2.09. The van der Waals surface area contributed by atoms with Crippen LogP contribution in [0.5, 0.6) is 11.6 Å². The summed E-state index contributed by atoms with van der Waals surface area (Å²) < 4.78 is 10.7. The first-order valence-electron chi connectivity index (χ1n) is 7.30. The van der Waals surface area contributed by atoms with Gasteiger partial charge in [0.2, 0.25) is 5.88 Å². The van der Waals surface area contributed by atoms with Gasteiger partial charge in [0.05, 0.1) is 6.20 Å². The van der Waals surface area contributed by atoms with E-state index in [-0.39, 0.29) is 11.9 Å². The van der Waals surface area contributed by atoms with Crippen LogP contribution in [0, 0.1) is 6.92 Å². The number of aryl methyl sites for hydroxylation is 1. The summed E-state index contributed by atoms with van der Waals surface area (Å²) in [4.78, 5) is 20.3. The molecular formula is C17H16N4O3. The molecule has 0 bridgehead atoms. The minimum absolute atomic E-state index is 0.138. The van der Waals surface area contributed by atoms with Crippen LogP contribution in [-0.2, 0) is 6.54 Å². The van der Waals surface area contributed by atoms with Crippen molar-refractivity contribution in [3.05, 3.63) is 65.7 Å². The van der Waals surface area contributed by atoms with Crippen molar-refractivity contribution in [1.29, 1.82) is 0 Å². The number of nitrogens with two attached hydrogens (primary N) is 1. The summed E-state index contributed by atoms with van der Waals surface area (Å²) in [5.74, 6) is 0.583. The van der Waals surface area contributed by atoms with Gasteiger partial charge >= 0.3 is 6.01 Å². The number of carbonyl (C=O) groups excluding carboxylic acids is 1. The summed E-state index contributed by atoms with van der Waals surface area (Å²) >= 11 is 0. The average molecular weight is 324 g/mol. The number of nitrogens with zero attached hydrogens (tertiary/aromatic N) is 2. The Morgan fingerprint density at radius 1 is 1.33 bits per heavy atom. The fourth-order valence-electron chi connectivity index (χ4n) is 2.15. The highest BCUT2D eigenvalue weighted by Gasteiger charge is 2.10. The van der Waals surface area contributed by atoms with Gasteiger partial charge in [-0.15, -0.1) is 0 Å². The van der Waals surface area contributed by atoms with Crippen LogP contribution in [-0.4, -0.2) is 15.9 Å². The van der Waals surface area contributed by atoms with Crippen LogP contribution in [0.4, 0.5) is 6.01 Å². The van der Waals surface area contributed by atoms with Crippen molar-refractivity contribution in [2.75, 3.05) is 5.32 Å². The molecule has 0 aliphatic rings. The Kier molecular flexibility index (Phi) is 4.53. The molecule has 2 heterocycles. The molecule has 0 aliphatic carbocycles. The van der Waals surface area contributed by atoms with Crippen molar-refractivity contribution >= 4 is 11.9 Å². The number of ether oxygens (including phenoxy) is 1. The number of oxazole rings is 1. The number of benzene rings is 1. The van der Waals surface area contributed by atoms with E-state index in [0.717, 1.165) is 11.3 Å². The lowest BCUT2D eigenvalue weighted by molar-refractivity contribution is 0.102. The third kappa shape index (κ3) is 3.76. The first-order valence-corrected chi connectivity index (χ1v) is 7.30. The lowest BCUT2D eigenvalue weighted by Crippen LogP contribution is -2.12. The highest BCUT2D eigenvalue weighted by molar-refractivity contribution is 6.03. The lowest BCUT2D eigenvalue weighted by atomic mass is 10.2. The number of nitrogens with one attached hydrogen (secondary N) is 1. The van der Waals surface area contributed by atoms with E-state index in [4.69, 9.17) is 14.9 Å². The zero-order valence-electron chi connectivity index (χ0n) is 13.0. The second-order valence-corrected chi connectivity index (χ2v) is 5.08. The van der Waals surface area contributed by atoms with Crippen LogP contribution in [0.3, 0.4) is 0 Å². The van der Waals surface area contributed by atoms with Crippen LogP contribution in [0.15, 0.2) is 53.3 Å². The molecule has 3 aromatic rings. The number of anilines is 1. The Morgan fingerprint density at radius 3 is 2.96 bits per heavy atom. The third-order valence-electron chi connectivity index (χ3n) is 3.20. The number of hydrogen-bond acceptors (Lipinski definition) is 6. The highest BCUT2D eigenvalue weighted by atomic mass is 16.5. The number of hydrogen-bond donors (Lipinski definition) is 2. The summed E-state index contributed by atoms with van der Waals surface area (Å²) in [6, 6.07) is 10.6. The van der Waals surface area contributed by atoms with E-state index in [1.807, 2.05) is 13.0 Å². The van der Waals surface area contributed by atoms with Crippen LogP contribution in [0.1, 0.15) is 21.6 Å². The zero-order valence-corrected chi connectivity index (χ0v) is 13.0. The highest BCUT2D eigenvalue weighted by Crippen LogP contribution is 2.22. The largest absolute Gasteiger partial charge is 0.439 e. The molecule has 3 rings (SSSR count). The predicted octanol–water partition coefficient (Wildman–Crippen LogP) is 2.88. The summed E-state index contributed by atoms with van der Waals surface area (Å²) in [7, 11) is 0. The molecule has 0 fully saturated rings. The third-order valence-corrected chi connectivity index (χ3v) is 3.20. The first kappa shape index (κ1) is 15.7. The molecule has 0 spiro atoms. The Balaban J connectivity index is 1.78. The molecular weight excluding hydrogens is 308 g/mol. The number of pyridine rings is 1. The van der Waals surface area contributed by atoms with E-state index in [1.54, 1.807) is 30.3 Å². The summed E-state index contributed by atoms with van der Waals surface area (Å²) in [6.07, 6.45) is 2.83. The van der Waals surface area contributed by atoms with Crippen LogP contribution in [0.2, 0.25) is 0 Å². The first-order chi connectivity index (χ1) is 11.6. The van der Waals surface area contributed by atoms with Crippen LogP contribution >= 0.6 is 0 Å². The van der Waals surface area contributed by atoms with Gasteiger partial charge in [-0.25, -0.2) is 9.97 Å². The molecule has 1 amide bonds. The fourth-order valence-corrected chi connectivity index (χ4v) is 2.15. The standard InChI is InChI=1S/C17H16N4O3/c1-11-7-12(10-18)8-15(20-11)24-14-4-2-3-13(9-14)16(22)21-17-19-5-6-23-17/h2-9H,10,18H2,1H3,(H,19,21,22). The SMILES string of the molecule is Cc1cc(CN)cc(Oc2cccc(C(=O)Nc3ncco3)c2)n1. The normalized spacial score (nSPS) is 10.4. The Hall–Kier alpha value is -3.19. The maximum absolute atomic E-state index is 12.2. The van der Waals surface area contributed by atoms with E-state index in [9.17, 15) is 4.79 Å². The van der Waals surface area contributed by atoms with Crippen molar-refractivity contribution in [1.82, 2.24) is 9.97 Å². The van der Waals surface area contributed by atoms with E-state index >= 15 is 0 Å². The van der Waals surface area contributed by atoms with Gasteiger partial charge in [0, 0.05) is 23.9 Å². The molecule has 0 radical (unpaired) electrons. The van der Waals surface area contributed by atoms with Gasteiger partial charge < -0.3 is 14.9 Å². The van der Waals surface area contributed by atoms with E-state index in [2.05, 4.69) is 15.3 Å². The minimum atomic E-state index is -0.345. The Bertz CT molecular complexity index is 847. The molecule has 7 nitrogen and oxygen atoms in total. The van der Waals surface area contributed by atoms with Crippen LogP contribution in [0.25, 0.3) is 0 Å². The molecule has 7 heteroatoms. The number of carbonyl (C=O) groups is 1. The quantitative estimate of drug-likeness (QED) is 0.748. The number of aromatic nitrogens is 2. The van der Waals surface area contributed by atoms with Crippen molar-refractivity contribution in [3.8, 4) is 11.6 Å². The zero-order chi connectivity index (χ0) is 16.9. The second-order valence-electron chi connectivity index (χ2n) is 5.08. The van der Waals surface area contributed by atoms with Gasteiger partial charge in [-0.3, -0.25) is 10.1 Å². The molecule has 0 unspecified atom stereocenters. The molecule has 122 valence electrons. The monoisotopic (exact) mass is 324 g/mol. The topological polar surface area (TPSA) is 103 Å². The molecule has 2 aromatic heterocycles. The van der Waals surface area contributed by atoms with Crippen LogP contribution < -0.4 is 15.8 Å². The predicted molar refractivity (Wildman–Crippen MR) is 87.8 cm³/mol. The molecule has 0 aliphatic heterocycles. The van der Waals surface area contributed by atoms with E-state index in [1.165, 1.54) is 12.5 Å². The second kappa shape index (κ2) is 6.93. The maximum Gasteiger partial charge on any atom is 0.301 e. The van der Waals surface area contributed by atoms with Gasteiger partial charge in [0.15, 0.2) is 0 Å². The van der Waals surface area contributed by atoms with Gasteiger partial charge in [-0.05, 0) is 36.8 Å².